The molecule has 0 spiro atoms. The fraction of sp³-hybridized carbons (Fsp3) is 0.323. The minimum Gasteiger partial charge on any atom is -0.468 e. The van der Waals surface area contributed by atoms with Crippen molar-refractivity contribution in [3.63, 3.8) is 0 Å². The number of hydrogen-bond donors (Lipinski definition) is 2. The summed E-state index contributed by atoms with van der Waals surface area (Å²) in [6.45, 7) is 7.66. The minimum atomic E-state index is -0.282. The zero-order valence-corrected chi connectivity index (χ0v) is 21.6. The number of furan rings is 1. The van der Waals surface area contributed by atoms with Crippen molar-refractivity contribution >= 4 is 22.4 Å². The highest BCUT2D eigenvalue weighted by Crippen LogP contribution is 2.42. The van der Waals surface area contributed by atoms with Crippen molar-refractivity contribution in [2.24, 2.45) is 0 Å². The van der Waals surface area contributed by atoms with Gasteiger partial charge in [0.1, 0.15) is 11.6 Å². The molecule has 5 rings (SSSR count). The molecule has 0 bridgehead atoms. The van der Waals surface area contributed by atoms with E-state index in [1.807, 2.05) is 30.5 Å². The molecule has 1 aliphatic rings. The van der Waals surface area contributed by atoms with Crippen molar-refractivity contribution in [3.05, 3.63) is 89.3 Å². The lowest BCUT2D eigenvalue weighted by atomic mass is 9.88. The first kappa shape index (κ1) is 25.0. The van der Waals surface area contributed by atoms with E-state index in [0.717, 1.165) is 63.8 Å². The molecular weight excluding hydrogens is 467 g/mol. The van der Waals surface area contributed by atoms with Crippen molar-refractivity contribution in [2.45, 2.75) is 52.0 Å². The van der Waals surface area contributed by atoms with Crippen LogP contribution < -0.4 is 5.32 Å². The number of benzene rings is 2. The summed E-state index contributed by atoms with van der Waals surface area (Å²) < 4.78 is 25.6. The van der Waals surface area contributed by atoms with Gasteiger partial charge < -0.3 is 19.5 Å². The molecule has 1 aliphatic heterocycles. The molecule has 2 aromatic carbocycles. The summed E-state index contributed by atoms with van der Waals surface area (Å²) in [5.74, 6) is 0.652. The van der Waals surface area contributed by atoms with E-state index < -0.39 is 0 Å². The fourth-order valence-electron chi connectivity index (χ4n) is 5.10. The Hall–Kier alpha value is -3.64. The fourth-order valence-corrected chi connectivity index (χ4v) is 5.10. The van der Waals surface area contributed by atoms with Crippen molar-refractivity contribution in [2.75, 3.05) is 13.2 Å². The van der Waals surface area contributed by atoms with Crippen LogP contribution in [0.25, 0.3) is 27.6 Å². The molecule has 0 saturated carbocycles. The third-order valence-electron chi connectivity index (χ3n) is 6.95. The lowest BCUT2D eigenvalue weighted by molar-refractivity contribution is 0.0696. The summed E-state index contributed by atoms with van der Waals surface area (Å²) in [5, 5.41) is 4.15. The number of ether oxygens (including phenoxy) is 1. The van der Waals surface area contributed by atoms with E-state index in [1.165, 1.54) is 6.07 Å². The van der Waals surface area contributed by atoms with Gasteiger partial charge in [0.25, 0.3) is 5.91 Å². The molecule has 1 saturated heterocycles. The number of nitrogens with one attached hydrogen (secondary N) is 2. The van der Waals surface area contributed by atoms with Crippen molar-refractivity contribution < 1.29 is 18.3 Å². The highest BCUT2D eigenvalue weighted by molar-refractivity contribution is 6.03. The maximum absolute atomic E-state index is 14.1. The Labute approximate surface area is 216 Å². The Kier molecular flexibility index (Phi) is 7.28. The van der Waals surface area contributed by atoms with Crippen LogP contribution in [0.5, 0.6) is 0 Å². The summed E-state index contributed by atoms with van der Waals surface area (Å²) in [5.41, 5.74) is 6.19. The number of H-pyrrole nitrogens is 1. The second-order valence-corrected chi connectivity index (χ2v) is 9.90. The smallest absolute Gasteiger partial charge is 0.251 e. The zero-order chi connectivity index (χ0) is 25.9. The largest absolute Gasteiger partial charge is 0.468 e. The van der Waals surface area contributed by atoms with Crippen molar-refractivity contribution in [1.29, 1.82) is 0 Å². The first-order valence-electron chi connectivity index (χ1n) is 13.0. The van der Waals surface area contributed by atoms with Crippen molar-refractivity contribution in [1.82, 2.24) is 10.3 Å². The van der Waals surface area contributed by atoms with Crippen LogP contribution in [0, 0.1) is 5.82 Å². The van der Waals surface area contributed by atoms with Gasteiger partial charge in [-0.3, -0.25) is 4.79 Å². The quantitative estimate of drug-likeness (QED) is 0.277. The third-order valence-corrected chi connectivity index (χ3v) is 6.95. The summed E-state index contributed by atoms with van der Waals surface area (Å²) >= 11 is 0. The van der Waals surface area contributed by atoms with Crippen LogP contribution in [-0.4, -0.2) is 30.1 Å². The van der Waals surface area contributed by atoms with Crippen LogP contribution in [0.3, 0.4) is 0 Å². The van der Waals surface area contributed by atoms with Gasteiger partial charge in [-0.15, -0.1) is 0 Å². The number of rotatable bonds is 7. The molecule has 0 aliphatic carbocycles. The maximum atomic E-state index is 14.1. The first-order chi connectivity index (χ1) is 18.0. The number of hydrogen-bond acceptors (Lipinski definition) is 3. The molecule has 1 fully saturated rings. The lowest BCUT2D eigenvalue weighted by Gasteiger charge is -2.23. The van der Waals surface area contributed by atoms with Crippen LogP contribution in [0.2, 0.25) is 0 Å². The molecule has 192 valence electrons. The number of aromatic nitrogens is 1. The Morgan fingerprint density at radius 2 is 2.00 bits per heavy atom. The van der Waals surface area contributed by atoms with Gasteiger partial charge in [0, 0.05) is 64.5 Å². The topological polar surface area (TPSA) is 67.3 Å². The SMILES string of the molecule is CCC=C(c1c(-c2cccc(F)c2)coc1C(C)C)c1c[nH]c2cc(C(=O)NC3CCOCC3)ccc12. The van der Waals surface area contributed by atoms with Crippen LogP contribution in [0.1, 0.15) is 73.2 Å². The number of amides is 1. The Balaban J connectivity index is 1.55. The van der Waals surface area contributed by atoms with Crippen LogP contribution >= 0.6 is 0 Å². The van der Waals surface area contributed by atoms with Gasteiger partial charge in [0.15, 0.2) is 0 Å². The second kappa shape index (κ2) is 10.8. The summed E-state index contributed by atoms with van der Waals surface area (Å²) in [4.78, 5) is 16.3. The first-order valence-corrected chi connectivity index (χ1v) is 13.0. The van der Waals surface area contributed by atoms with E-state index in [1.54, 1.807) is 18.4 Å². The van der Waals surface area contributed by atoms with E-state index in [-0.39, 0.29) is 23.7 Å². The molecular formula is C31H33FN2O3. The number of halogens is 1. The molecule has 2 aromatic heterocycles. The van der Waals surface area contributed by atoms with Gasteiger partial charge in [-0.25, -0.2) is 4.39 Å². The monoisotopic (exact) mass is 500 g/mol. The van der Waals surface area contributed by atoms with E-state index in [2.05, 4.69) is 37.1 Å². The molecule has 37 heavy (non-hydrogen) atoms. The number of carbonyl (C=O) groups is 1. The van der Waals surface area contributed by atoms with E-state index in [0.29, 0.717) is 18.8 Å². The molecule has 6 heteroatoms. The molecule has 0 unspecified atom stereocenters. The molecule has 0 atom stereocenters. The van der Waals surface area contributed by atoms with Gasteiger partial charge in [0.2, 0.25) is 0 Å². The standard InChI is InChI=1S/C31H33FN2O3/c1-4-6-25(29-27(18-37-30(29)19(2)3)20-7-5-8-22(32)15-20)26-17-33-28-16-21(9-10-24(26)28)31(35)34-23-11-13-36-14-12-23/h5-10,15-19,23,33H,4,11-14H2,1-3H3,(H,34,35). The summed E-state index contributed by atoms with van der Waals surface area (Å²) in [7, 11) is 0. The second-order valence-electron chi connectivity index (χ2n) is 9.90. The maximum Gasteiger partial charge on any atom is 0.251 e. The van der Waals surface area contributed by atoms with E-state index >= 15 is 0 Å². The van der Waals surface area contributed by atoms with Gasteiger partial charge in [-0.1, -0.05) is 45.0 Å². The van der Waals surface area contributed by atoms with Crippen LogP contribution in [-0.2, 0) is 4.74 Å². The molecule has 5 nitrogen and oxygen atoms in total. The minimum absolute atomic E-state index is 0.0698. The number of fused-ring (bicyclic) bond motifs is 1. The molecule has 3 heterocycles. The predicted molar refractivity (Wildman–Crippen MR) is 145 cm³/mol. The number of allylic oxidation sites excluding steroid dienone is 1. The van der Waals surface area contributed by atoms with Crippen molar-refractivity contribution in [3.8, 4) is 11.1 Å². The predicted octanol–water partition coefficient (Wildman–Crippen LogP) is 7.44. The summed E-state index contributed by atoms with van der Waals surface area (Å²) in [6.07, 6.45) is 8.40. The highest BCUT2D eigenvalue weighted by atomic mass is 19.1. The van der Waals surface area contributed by atoms with Gasteiger partial charge in [-0.2, -0.15) is 0 Å². The van der Waals surface area contributed by atoms with Crippen LogP contribution in [0.15, 0.2) is 65.4 Å². The average molecular weight is 501 g/mol. The number of carbonyl (C=O) groups excluding carboxylic acids is 1. The molecule has 1 amide bonds. The van der Waals surface area contributed by atoms with Gasteiger partial charge in [0.05, 0.1) is 6.26 Å². The molecule has 0 radical (unpaired) electrons. The normalized spacial score (nSPS) is 15.0. The Morgan fingerprint density at radius 3 is 2.73 bits per heavy atom. The van der Waals surface area contributed by atoms with Gasteiger partial charge in [-0.05, 0) is 54.7 Å². The molecule has 2 N–H and O–H groups in total. The molecule has 4 aromatic rings. The Bertz CT molecular complexity index is 1440. The highest BCUT2D eigenvalue weighted by Gasteiger charge is 2.24. The summed E-state index contributed by atoms with van der Waals surface area (Å²) in [6, 6.07) is 12.5. The number of aromatic amines is 1. The van der Waals surface area contributed by atoms with E-state index in [9.17, 15) is 9.18 Å². The van der Waals surface area contributed by atoms with Crippen LogP contribution in [0.4, 0.5) is 4.39 Å². The zero-order valence-electron chi connectivity index (χ0n) is 21.6. The third kappa shape index (κ3) is 5.12. The Morgan fingerprint density at radius 1 is 1.19 bits per heavy atom. The average Bonchev–Trinajstić information content (AvgIpc) is 3.52. The lowest BCUT2D eigenvalue weighted by Crippen LogP contribution is -2.38. The van der Waals surface area contributed by atoms with Gasteiger partial charge >= 0.3 is 0 Å². The van der Waals surface area contributed by atoms with E-state index in [4.69, 9.17) is 9.15 Å².